The van der Waals surface area contributed by atoms with E-state index in [1.807, 2.05) is 11.0 Å². The molecule has 1 aromatic rings. The Morgan fingerprint density at radius 2 is 2.29 bits per heavy atom. The smallest absolute Gasteiger partial charge is 0.271 e. The molecule has 1 heterocycles. The maximum absolute atomic E-state index is 10.5. The van der Waals surface area contributed by atoms with E-state index in [0.29, 0.717) is 0 Å². The highest BCUT2D eigenvalue weighted by Gasteiger charge is 2.20. The minimum absolute atomic E-state index is 0.127. The summed E-state index contributed by atoms with van der Waals surface area (Å²) in [6, 6.07) is 6.62. The summed E-state index contributed by atoms with van der Waals surface area (Å²) in [5, 5.41) is 10.5. The summed E-state index contributed by atoms with van der Waals surface area (Å²) in [5.41, 5.74) is 2.00. The molecule has 1 saturated heterocycles. The minimum Gasteiger partial charge on any atom is -0.345 e. The molecule has 0 bridgehead atoms. The SMILES string of the molecule is C=C1CCN1c1cccc([N+](=O)[O-])c1. The molecule has 0 unspecified atom stereocenters. The van der Waals surface area contributed by atoms with Crippen LogP contribution in [0, 0.1) is 10.1 Å². The molecule has 14 heavy (non-hydrogen) atoms. The average molecular weight is 190 g/mol. The first kappa shape index (κ1) is 8.74. The Labute approximate surface area is 81.6 Å². The second-order valence-corrected chi connectivity index (χ2v) is 3.24. The number of nitro groups is 1. The van der Waals surface area contributed by atoms with Gasteiger partial charge in [0.2, 0.25) is 0 Å². The molecule has 0 spiro atoms. The van der Waals surface area contributed by atoms with Gasteiger partial charge in [-0.1, -0.05) is 12.6 Å². The first-order valence-electron chi connectivity index (χ1n) is 4.38. The van der Waals surface area contributed by atoms with Crippen molar-refractivity contribution in [3.63, 3.8) is 0 Å². The predicted molar refractivity (Wildman–Crippen MR) is 54.2 cm³/mol. The fourth-order valence-electron chi connectivity index (χ4n) is 1.47. The lowest BCUT2D eigenvalue weighted by Crippen LogP contribution is -2.33. The third-order valence-electron chi connectivity index (χ3n) is 2.36. The van der Waals surface area contributed by atoms with E-state index in [9.17, 15) is 10.1 Å². The van der Waals surface area contributed by atoms with Crippen LogP contribution in [0.2, 0.25) is 0 Å². The van der Waals surface area contributed by atoms with Gasteiger partial charge < -0.3 is 4.90 Å². The zero-order valence-electron chi connectivity index (χ0n) is 7.64. The van der Waals surface area contributed by atoms with Crippen LogP contribution in [0.15, 0.2) is 36.5 Å². The molecule has 0 atom stereocenters. The second kappa shape index (κ2) is 3.14. The molecule has 1 fully saturated rings. The number of rotatable bonds is 2. The van der Waals surface area contributed by atoms with Crippen LogP contribution in [0.4, 0.5) is 11.4 Å². The highest BCUT2D eigenvalue weighted by atomic mass is 16.6. The molecule has 0 saturated carbocycles. The Morgan fingerprint density at radius 1 is 1.50 bits per heavy atom. The molecular formula is C10H10N2O2. The largest absolute Gasteiger partial charge is 0.345 e. The predicted octanol–water partition coefficient (Wildman–Crippen LogP) is 2.32. The van der Waals surface area contributed by atoms with E-state index < -0.39 is 0 Å². The van der Waals surface area contributed by atoms with E-state index >= 15 is 0 Å². The lowest BCUT2D eigenvalue weighted by molar-refractivity contribution is -0.384. The molecule has 72 valence electrons. The van der Waals surface area contributed by atoms with Crippen molar-refractivity contribution in [2.75, 3.05) is 11.4 Å². The molecule has 0 aromatic heterocycles. The summed E-state index contributed by atoms with van der Waals surface area (Å²) in [4.78, 5) is 12.1. The lowest BCUT2D eigenvalue weighted by atomic mass is 10.1. The average Bonchev–Trinajstić information content (AvgIpc) is 2.16. The van der Waals surface area contributed by atoms with Crippen molar-refractivity contribution < 1.29 is 4.92 Å². The molecule has 2 rings (SSSR count). The van der Waals surface area contributed by atoms with Gasteiger partial charge in [0.25, 0.3) is 5.69 Å². The van der Waals surface area contributed by atoms with E-state index in [0.717, 1.165) is 24.4 Å². The highest BCUT2D eigenvalue weighted by Crippen LogP contribution is 2.30. The summed E-state index contributed by atoms with van der Waals surface area (Å²) < 4.78 is 0. The Kier molecular flexibility index (Phi) is 1.96. The fourth-order valence-corrected chi connectivity index (χ4v) is 1.47. The minimum atomic E-state index is -0.383. The Balaban J connectivity index is 2.30. The second-order valence-electron chi connectivity index (χ2n) is 3.24. The molecule has 4 nitrogen and oxygen atoms in total. The number of benzene rings is 1. The zero-order valence-corrected chi connectivity index (χ0v) is 7.64. The van der Waals surface area contributed by atoms with Crippen molar-refractivity contribution in [2.24, 2.45) is 0 Å². The number of nitrogens with zero attached hydrogens (tertiary/aromatic N) is 2. The summed E-state index contributed by atoms with van der Waals surface area (Å²) >= 11 is 0. The molecule has 0 radical (unpaired) electrons. The Bertz CT molecular complexity index is 401. The van der Waals surface area contributed by atoms with Crippen LogP contribution in [0.1, 0.15) is 6.42 Å². The zero-order chi connectivity index (χ0) is 10.1. The maximum atomic E-state index is 10.5. The molecule has 1 aromatic carbocycles. The van der Waals surface area contributed by atoms with Gasteiger partial charge in [-0.15, -0.1) is 0 Å². The normalized spacial score (nSPS) is 15.1. The van der Waals surface area contributed by atoms with Crippen LogP contribution in [0.5, 0.6) is 0 Å². The Hall–Kier alpha value is -1.84. The summed E-state index contributed by atoms with van der Waals surface area (Å²) in [7, 11) is 0. The van der Waals surface area contributed by atoms with Gasteiger partial charge in [0.05, 0.1) is 4.92 Å². The summed E-state index contributed by atoms with van der Waals surface area (Å²) in [5.74, 6) is 0. The Morgan fingerprint density at radius 3 is 2.79 bits per heavy atom. The van der Waals surface area contributed by atoms with Gasteiger partial charge in [0.1, 0.15) is 0 Å². The fraction of sp³-hybridized carbons (Fsp3) is 0.200. The number of hydrogen-bond acceptors (Lipinski definition) is 3. The molecule has 0 aliphatic carbocycles. The lowest BCUT2D eigenvalue weighted by Gasteiger charge is -2.35. The van der Waals surface area contributed by atoms with Crippen LogP contribution in [-0.2, 0) is 0 Å². The van der Waals surface area contributed by atoms with Gasteiger partial charge in [-0.25, -0.2) is 0 Å². The van der Waals surface area contributed by atoms with Crippen LogP contribution < -0.4 is 4.90 Å². The third kappa shape index (κ3) is 1.35. The van der Waals surface area contributed by atoms with E-state index in [4.69, 9.17) is 0 Å². The van der Waals surface area contributed by atoms with Crippen molar-refractivity contribution >= 4 is 11.4 Å². The van der Waals surface area contributed by atoms with Gasteiger partial charge in [0, 0.05) is 36.5 Å². The quantitative estimate of drug-likeness (QED) is 0.531. The van der Waals surface area contributed by atoms with Gasteiger partial charge in [-0.05, 0) is 6.07 Å². The van der Waals surface area contributed by atoms with E-state index in [-0.39, 0.29) is 10.6 Å². The molecule has 0 N–H and O–H groups in total. The number of hydrogen-bond donors (Lipinski definition) is 0. The van der Waals surface area contributed by atoms with Crippen molar-refractivity contribution in [1.29, 1.82) is 0 Å². The van der Waals surface area contributed by atoms with Crippen LogP contribution in [-0.4, -0.2) is 11.5 Å². The number of anilines is 1. The molecule has 1 aliphatic heterocycles. The first-order valence-corrected chi connectivity index (χ1v) is 4.38. The topological polar surface area (TPSA) is 46.4 Å². The molecule has 1 aliphatic rings. The highest BCUT2D eigenvalue weighted by molar-refractivity contribution is 5.59. The maximum Gasteiger partial charge on any atom is 0.271 e. The third-order valence-corrected chi connectivity index (χ3v) is 2.36. The van der Waals surface area contributed by atoms with E-state index in [1.165, 1.54) is 6.07 Å². The van der Waals surface area contributed by atoms with Crippen LogP contribution in [0.25, 0.3) is 0 Å². The van der Waals surface area contributed by atoms with E-state index in [2.05, 4.69) is 6.58 Å². The van der Waals surface area contributed by atoms with Crippen molar-refractivity contribution in [1.82, 2.24) is 0 Å². The van der Waals surface area contributed by atoms with Crippen molar-refractivity contribution in [3.8, 4) is 0 Å². The van der Waals surface area contributed by atoms with Crippen molar-refractivity contribution in [3.05, 3.63) is 46.7 Å². The summed E-state index contributed by atoms with van der Waals surface area (Å²) in [6.45, 7) is 4.75. The van der Waals surface area contributed by atoms with Gasteiger partial charge in [-0.3, -0.25) is 10.1 Å². The van der Waals surface area contributed by atoms with Crippen LogP contribution >= 0.6 is 0 Å². The monoisotopic (exact) mass is 190 g/mol. The van der Waals surface area contributed by atoms with Crippen molar-refractivity contribution in [2.45, 2.75) is 6.42 Å². The van der Waals surface area contributed by atoms with Gasteiger partial charge >= 0.3 is 0 Å². The molecule has 0 amide bonds. The van der Waals surface area contributed by atoms with Gasteiger partial charge in [-0.2, -0.15) is 0 Å². The van der Waals surface area contributed by atoms with Gasteiger partial charge in [0.15, 0.2) is 0 Å². The van der Waals surface area contributed by atoms with Crippen LogP contribution in [0.3, 0.4) is 0 Å². The summed E-state index contributed by atoms with van der Waals surface area (Å²) in [6.07, 6.45) is 0.975. The number of non-ortho nitro benzene ring substituents is 1. The standard InChI is InChI=1S/C10H10N2O2/c1-8-5-6-11(8)9-3-2-4-10(7-9)12(13)14/h2-4,7H,1,5-6H2. The number of nitro benzene ring substituents is 1. The first-order chi connectivity index (χ1) is 6.68. The van der Waals surface area contributed by atoms with E-state index in [1.54, 1.807) is 12.1 Å². The molecule has 4 heteroatoms. The molecular weight excluding hydrogens is 180 g/mol.